The second-order valence-electron chi connectivity index (χ2n) is 18.4. The molecule has 0 atom stereocenters. The summed E-state index contributed by atoms with van der Waals surface area (Å²) < 4.78 is 0. The van der Waals surface area contributed by atoms with E-state index < -0.39 is 0 Å². The minimum atomic E-state index is 0.766. The molecule has 0 saturated heterocycles. The lowest BCUT2D eigenvalue weighted by Crippen LogP contribution is -2.20. The minimum absolute atomic E-state index is 0.766. The van der Waals surface area contributed by atoms with Crippen LogP contribution in [0, 0.1) is 18.1 Å². The summed E-state index contributed by atoms with van der Waals surface area (Å²) in [5.41, 5.74) is 15.4. The van der Waals surface area contributed by atoms with E-state index in [9.17, 15) is 0 Å². The lowest BCUT2D eigenvalue weighted by molar-refractivity contribution is 1.15. The van der Waals surface area contributed by atoms with Crippen molar-refractivity contribution in [3.63, 3.8) is 0 Å². The normalized spacial score (nSPS) is 22.2. The van der Waals surface area contributed by atoms with Crippen LogP contribution in [0.4, 0.5) is 0 Å². The third-order valence-corrected chi connectivity index (χ3v) is 15.8. The van der Waals surface area contributed by atoms with E-state index in [-0.39, 0.29) is 0 Å². The molecular formula is C64H45N8S2+. The Morgan fingerprint density at radius 1 is 0.473 bits per heavy atom. The fraction of sp³-hybridized carbons (Fsp3) is 0.0312. The third-order valence-electron chi connectivity index (χ3n) is 13.8. The molecule has 14 rings (SSSR count). The monoisotopic (exact) mass is 989 g/mol. The molecule has 16 bridgehead atoms. The van der Waals surface area contributed by atoms with Gasteiger partial charge in [-0.05, 0) is 121 Å². The molecule has 0 unspecified atom stereocenters. The lowest BCUT2D eigenvalue weighted by Gasteiger charge is -2.22. The second-order valence-corrected chi connectivity index (χ2v) is 20.5. The Morgan fingerprint density at radius 3 is 1.66 bits per heavy atom. The first-order chi connectivity index (χ1) is 36.6. The Morgan fingerprint density at radius 2 is 1.00 bits per heavy atom. The molecule has 0 fully saturated rings. The first-order valence-corrected chi connectivity index (χ1v) is 26.7. The molecule has 0 spiro atoms. The highest BCUT2D eigenvalue weighted by Crippen LogP contribution is 2.43. The van der Waals surface area contributed by atoms with Crippen molar-refractivity contribution in [1.29, 1.82) is 0 Å². The van der Waals surface area contributed by atoms with Crippen molar-refractivity contribution in [3.05, 3.63) is 324 Å². The fourth-order valence-corrected chi connectivity index (χ4v) is 12.2. The van der Waals surface area contributed by atoms with Crippen molar-refractivity contribution >= 4 is 73.1 Å². The van der Waals surface area contributed by atoms with Crippen LogP contribution in [0.3, 0.4) is 0 Å². The van der Waals surface area contributed by atoms with E-state index in [0.717, 1.165) is 156 Å². The molecule has 8 aromatic rings. The number of nitrogens with zero attached hydrogens (tertiary/aromatic N) is 3. The molecule has 0 saturated carbocycles. The van der Waals surface area contributed by atoms with Crippen molar-refractivity contribution in [2.24, 2.45) is 0 Å². The fourth-order valence-electron chi connectivity index (χ4n) is 10.4. The molecule has 5 N–H and O–H groups in total. The van der Waals surface area contributed by atoms with Crippen LogP contribution in [0.15, 0.2) is 229 Å². The van der Waals surface area contributed by atoms with Gasteiger partial charge < -0.3 is 41.2 Å². The van der Waals surface area contributed by atoms with Gasteiger partial charge in [-0.3, -0.25) is 0 Å². The van der Waals surface area contributed by atoms with Crippen LogP contribution in [0.2, 0.25) is 0 Å². The zero-order valence-corrected chi connectivity index (χ0v) is 41.5. The number of hydrogen-bond donors (Lipinski definition) is 5. The van der Waals surface area contributed by atoms with Gasteiger partial charge in [-0.25, -0.2) is 0 Å². The summed E-state index contributed by atoms with van der Waals surface area (Å²) in [6, 6.07) is 60.1. The Labute approximate surface area is 436 Å². The van der Waals surface area contributed by atoms with Crippen LogP contribution >= 0.6 is 11.8 Å². The number of rotatable bonds is 9. The highest BCUT2D eigenvalue weighted by Gasteiger charge is 2.36. The van der Waals surface area contributed by atoms with Gasteiger partial charge in [-0.1, -0.05) is 108 Å². The summed E-state index contributed by atoms with van der Waals surface area (Å²) in [5, 5.41) is 25.7. The van der Waals surface area contributed by atoms with Crippen LogP contribution in [0.25, 0.3) is 61.0 Å². The van der Waals surface area contributed by atoms with E-state index in [2.05, 4.69) is 238 Å². The topological polar surface area (TPSA) is 117 Å². The van der Waals surface area contributed by atoms with E-state index >= 15 is 0 Å². The number of aromatic amines is 4. The molecule has 0 aliphatic carbocycles. The van der Waals surface area contributed by atoms with E-state index in [1.54, 1.807) is 0 Å². The number of thioether (sulfide) groups is 1. The molecule has 352 valence electrons. The average Bonchev–Trinajstić information content (AvgIpc) is 4.30. The van der Waals surface area contributed by atoms with Gasteiger partial charge in [-0.2, -0.15) is 0 Å². The number of fused-ring (bicyclic) bond motifs is 17. The van der Waals surface area contributed by atoms with Gasteiger partial charge in [0, 0.05) is 68.8 Å². The third kappa shape index (κ3) is 7.97. The van der Waals surface area contributed by atoms with Crippen LogP contribution in [-0.4, -0.2) is 36.3 Å². The molecular weight excluding hydrogens is 945 g/mol. The number of nitrogens with one attached hydrogen (secondary N) is 5. The molecule has 6 aliphatic heterocycles. The summed E-state index contributed by atoms with van der Waals surface area (Å²) in [7, 11) is 0. The van der Waals surface area contributed by atoms with Gasteiger partial charge in [0.2, 0.25) is 11.4 Å². The lowest BCUT2D eigenvalue weighted by atomic mass is 9.96. The zero-order valence-electron chi connectivity index (χ0n) is 39.9. The van der Waals surface area contributed by atoms with Crippen molar-refractivity contribution in [1.82, 2.24) is 25.3 Å². The summed E-state index contributed by atoms with van der Waals surface area (Å²) >= 11 is 3.64. The smallest absolute Gasteiger partial charge is 0.291 e. The van der Waals surface area contributed by atoms with Crippen LogP contribution in [0.5, 0.6) is 0 Å². The van der Waals surface area contributed by atoms with E-state index in [1.165, 1.54) is 0 Å². The molecule has 0 radical (unpaired) electrons. The maximum Gasteiger partial charge on any atom is 0.291 e. The van der Waals surface area contributed by atoms with Crippen molar-refractivity contribution in [2.75, 3.05) is 11.5 Å². The second kappa shape index (κ2) is 18.5. The molecule has 8 nitrogen and oxygen atoms in total. The maximum absolute atomic E-state index is 5.31. The SMILES string of the molecule is C1=C[C+]2[N-]/C1=c1/cc/c([nH]1)=C(\c1ccccc1)c1ccc([nH]1)C1=CC(=[S+]C/C=C/CSc3c/c4[nH]/c3=C(/c3ccccc3)[C+]3C=C/C(=c5\cc/c([nH]5)=C(\c5ccccc5)[C+]5C=C/C=4[N-]5)[N-]3)/C(=C/2c2ccccc2)N1. The van der Waals surface area contributed by atoms with Crippen LogP contribution < -0.4 is 37.4 Å². The van der Waals surface area contributed by atoms with Gasteiger partial charge in [0.1, 0.15) is 27.4 Å². The first-order valence-electron chi connectivity index (χ1n) is 24.7. The van der Waals surface area contributed by atoms with Crippen molar-refractivity contribution in [2.45, 2.75) is 4.90 Å². The summed E-state index contributed by atoms with van der Waals surface area (Å²) in [6.07, 6.45) is 19.6. The van der Waals surface area contributed by atoms with Crippen LogP contribution in [-0.2, 0) is 11.4 Å². The van der Waals surface area contributed by atoms with E-state index in [4.69, 9.17) is 16.0 Å². The predicted molar refractivity (Wildman–Crippen MR) is 306 cm³/mol. The molecule has 6 aliphatic rings. The number of benzene rings is 4. The summed E-state index contributed by atoms with van der Waals surface area (Å²) in [4.78, 5) is 17.4. The quantitative estimate of drug-likeness (QED) is 0.0327. The van der Waals surface area contributed by atoms with E-state index in [0.29, 0.717) is 0 Å². The average molecular weight is 990 g/mol. The molecule has 4 aromatic carbocycles. The number of aromatic nitrogens is 4. The van der Waals surface area contributed by atoms with Crippen molar-refractivity contribution < 1.29 is 0 Å². The molecule has 10 heterocycles. The summed E-state index contributed by atoms with van der Waals surface area (Å²) in [5.74, 6) is 1.54. The van der Waals surface area contributed by atoms with Gasteiger partial charge >= 0.3 is 0 Å². The highest BCUT2D eigenvalue weighted by molar-refractivity contribution is 7.99. The van der Waals surface area contributed by atoms with Crippen molar-refractivity contribution in [3.8, 4) is 0 Å². The Hall–Kier alpha value is -9.09. The van der Waals surface area contributed by atoms with Gasteiger partial charge in [0.25, 0.3) is 4.86 Å². The number of hydrogen-bond acceptors (Lipinski definition) is 2. The maximum atomic E-state index is 5.31. The molecule has 4 aromatic heterocycles. The Balaban J connectivity index is 0.822. The van der Waals surface area contributed by atoms with Gasteiger partial charge in [0.15, 0.2) is 11.4 Å². The summed E-state index contributed by atoms with van der Waals surface area (Å²) in [6.45, 7) is 0. The zero-order chi connectivity index (χ0) is 49.0. The number of H-pyrrole nitrogens is 4. The van der Waals surface area contributed by atoms with E-state index in [1.807, 2.05) is 29.2 Å². The molecule has 0 amide bonds. The number of allylic oxidation sites excluding steroid dienone is 1. The van der Waals surface area contributed by atoms with Gasteiger partial charge in [-0.15, -0.1) is 11.8 Å². The standard InChI is InChI=1S/C64H45N8S2/c1-5-15-39(16-6-1)59-49-29-23-43(65-49)45-25-33-53(67-45)61(41-19-9-3-10-20-41)63-57(37-55(71-63)47-27-31-51(59)69-47)73-35-13-14-36-74-58-38-56-48-28-32-52(70-48)60(40-17-7-2-8-18-40)50-30-24-44(66-50)46-26-34-54(68-46)62(64(58)72-56)42-21-11-4-12-22-42/h1-34,37-38,65-66,69,71-72H,35-36H2/q+1/b14-13+,45-43-,46-44-,56-48-,59-49-,60-50-,63-61-,64-62-. The largest absolute Gasteiger partial charge is 0.601 e. The molecule has 74 heavy (non-hydrogen) atoms. The highest BCUT2D eigenvalue weighted by atomic mass is 32.2. The predicted octanol–water partition coefficient (Wildman–Crippen LogP) is 9.08. The van der Waals surface area contributed by atoms with Gasteiger partial charge in [0.05, 0.1) is 33.0 Å². The molecule has 10 heteroatoms. The van der Waals surface area contributed by atoms with Crippen LogP contribution in [0.1, 0.15) is 33.6 Å². The minimum Gasteiger partial charge on any atom is -0.601 e. The first kappa shape index (κ1) is 43.7. The Kier molecular flexibility index (Phi) is 10.9. The Bertz CT molecular complexity index is 4160.